The molecule has 1 aromatic heterocycles. The Morgan fingerprint density at radius 3 is 2.74 bits per heavy atom. The monoisotopic (exact) mass is 267 g/mol. The van der Waals surface area contributed by atoms with Crippen LogP contribution in [0.15, 0.2) is 16.9 Å². The highest BCUT2D eigenvalue weighted by atomic mass is 16.5. The summed E-state index contributed by atoms with van der Waals surface area (Å²) in [5, 5.41) is 6.31. The van der Waals surface area contributed by atoms with Gasteiger partial charge in [0.1, 0.15) is 12.2 Å². The van der Waals surface area contributed by atoms with E-state index in [-0.39, 0.29) is 24.4 Å². The zero-order chi connectivity index (χ0) is 14.3. The van der Waals surface area contributed by atoms with Crippen LogP contribution in [0.3, 0.4) is 0 Å². The molecule has 0 spiro atoms. The molecule has 104 valence electrons. The molecule has 19 heavy (non-hydrogen) atoms. The van der Waals surface area contributed by atoms with Gasteiger partial charge < -0.3 is 10.1 Å². The highest BCUT2D eigenvalue weighted by Gasteiger charge is 2.11. The summed E-state index contributed by atoms with van der Waals surface area (Å²) in [5.41, 5.74) is -0.166. The van der Waals surface area contributed by atoms with E-state index in [1.165, 1.54) is 16.8 Å². The van der Waals surface area contributed by atoms with Gasteiger partial charge in [-0.15, -0.1) is 0 Å². The fourth-order valence-electron chi connectivity index (χ4n) is 1.40. The Kier molecular flexibility index (Phi) is 5.72. The number of carbonyl (C=O) groups is 2. The Balaban J connectivity index is 2.69. The third-order valence-electron chi connectivity index (χ3n) is 2.23. The van der Waals surface area contributed by atoms with Crippen molar-refractivity contribution in [1.29, 1.82) is 0 Å². The van der Waals surface area contributed by atoms with E-state index < -0.39 is 11.9 Å². The van der Waals surface area contributed by atoms with Gasteiger partial charge in [-0.25, -0.2) is 4.68 Å². The minimum atomic E-state index is -0.516. The molecular formula is C12H17N3O4. The van der Waals surface area contributed by atoms with Gasteiger partial charge in [-0.05, 0) is 19.4 Å². The summed E-state index contributed by atoms with van der Waals surface area (Å²) in [6.45, 7) is 4.07. The molecule has 0 radical (unpaired) electrons. The average Bonchev–Trinajstić information content (AvgIpc) is 2.39. The van der Waals surface area contributed by atoms with Crippen LogP contribution in [-0.4, -0.2) is 34.8 Å². The fraction of sp³-hybridized carbons (Fsp3) is 0.500. The number of ether oxygens (including phenoxy) is 1. The zero-order valence-electron chi connectivity index (χ0n) is 11.0. The Hall–Kier alpha value is -2.18. The van der Waals surface area contributed by atoms with E-state index in [1.807, 2.05) is 6.92 Å². The number of hydrogen-bond acceptors (Lipinski definition) is 5. The van der Waals surface area contributed by atoms with Crippen LogP contribution in [0.5, 0.6) is 0 Å². The maximum absolute atomic E-state index is 11.7. The Morgan fingerprint density at radius 1 is 1.37 bits per heavy atom. The van der Waals surface area contributed by atoms with Crippen LogP contribution in [0.4, 0.5) is 0 Å². The molecule has 0 unspecified atom stereocenters. The summed E-state index contributed by atoms with van der Waals surface area (Å²) in [6.07, 6.45) is 0.737. The van der Waals surface area contributed by atoms with Crippen molar-refractivity contribution in [2.24, 2.45) is 0 Å². The molecule has 0 aromatic carbocycles. The second-order valence-corrected chi connectivity index (χ2v) is 3.77. The second kappa shape index (κ2) is 7.30. The molecule has 0 aliphatic carbocycles. The Morgan fingerprint density at radius 2 is 2.11 bits per heavy atom. The third-order valence-corrected chi connectivity index (χ3v) is 2.23. The number of esters is 1. The SMILES string of the molecule is CCCn1nc(C(=O)NCC(=O)OCC)ccc1=O. The largest absolute Gasteiger partial charge is 0.465 e. The standard InChI is InChI=1S/C12H17N3O4/c1-3-7-15-10(16)6-5-9(14-15)12(18)13-8-11(17)19-4-2/h5-6H,3-4,7-8H2,1-2H3,(H,13,18). The lowest BCUT2D eigenvalue weighted by Gasteiger charge is -2.06. The van der Waals surface area contributed by atoms with Crippen molar-refractivity contribution < 1.29 is 14.3 Å². The minimum absolute atomic E-state index is 0.0948. The molecule has 7 heteroatoms. The van der Waals surface area contributed by atoms with Gasteiger partial charge in [-0.3, -0.25) is 14.4 Å². The Labute approximate surface area is 110 Å². The molecule has 1 amide bonds. The molecular weight excluding hydrogens is 250 g/mol. The van der Waals surface area contributed by atoms with Crippen LogP contribution in [0.2, 0.25) is 0 Å². The van der Waals surface area contributed by atoms with Crippen LogP contribution >= 0.6 is 0 Å². The van der Waals surface area contributed by atoms with Crippen LogP contribution in [0.25, 0.3) is 0 Å². The molecule has 0 atom stereocenters. The van der Waals surface area contributed by atoms with E-state index in [0.717, 1.165) is 6.42 Å². The van der Waals surface area contributed by atoms with E-state index in [0.29, 0.717) is 6.54 Å². The summed E-state index contributed by atoms with van der Waals surface area (Å²) >= 11 is 0. The first-order valence-corrected chi connectivity index (χ1v) is 6.10. The predicted octanol–water partition coefficient (Wildman–Crippen LogP) is -0.0538. The second-order valence-electron chi connectivity index (χ2n) is 3.77. The van der Waals surface area contributed by atoms with Gasteiger partial charge in [0.25, 0.3) is 11.5 Å². The van der Waals surface area contributed by atoms with Gasteiger partial charge in [0.2, 0.25) is 0 Å². The fourth-order valence-corrected chi connectivity index (χ4v) is 1.40. The maximum atomic E-state index is 11.7. The first-order chi connectivity index (χ1) is 9.08. The number of carbonyl (C=O) groups excluding carboxylic acids is 2. The van der Waals surface area contributed by atoms with Gasteiger partial charge in [-0.1, -0.05) is 6.92 Å². The van der Waals surface area contributed by atoms with Crippen LogP contribution in [0.1, 0.15) is 30.8 Å². The van der Waals surface area contributed by atoms with Crippen molar-refractivity contribution in [3.05, 3.63) is 28.2 Å². The van der Waals surface area contributed by atoms with E-state index in [9.17, 15) is 14.4 Å². The number of aryl methyl sites for hydroxylation is 1. The van der Waals surface area contributed by atoms with E-state index in [1.54, 1.807) is 6.92 Å². The molecule has 1 heterocycles. The quantitative estimate of drug-likeness (QED) is 0.729. The number of hydrogen-bond donors (Lipinski definition) is 1. The smallest absolute Gasteiger partial charge is 0.325 e. The van der Waals surface area contributed by atoms with Crippen molar-refractivity contribution >= 4 is 11.9 Å². The lowest BCUT2D eigenvalue weighted by molar-refractivity contribution is -0.141. The number of amides is 1. The van der Waals surface area contributed by atoms with Gasteiger partial charge in [0, 0.05) is 12.6 Å². The summed E-state index contributed by atoms with van der Waals surface area (Å²) in [4.78, 5) is 34.2. The topological polar surface area (TPSA) is 90.3 Å². The molecule has 1 N–H and O–H groups in total. The molecule has 0 saturated carbocycles. The average molecular weight is 267 g/mol. The maximum Gasteiger partial charge on any atom is 0.325 e. The van der Waals surface area contributed by atoms with Gasteiger partial charge >= 0.3 is 5.97 Å². The van der Waals surface area contributed by atoms with Crippen molar-refractivity contribution in [1.82, 2.24) is 15.1 Å². The zero-order valence-corrected chi connectivity index (χ0v) is 11.0. The van der Waals surface area contributed by atoms with Crippen molar-refractivity contribution in [3.63, 3.8) is 0 Å². The van der Waals surface area contributed by atoms with E-state index in [2.05, 4.69) is 15.2 Å². The van der Waals surface area contributed by atoms with Gasteiger partial charge in [0.05, 0.1) is 6.61 Å². The highest BCUT2D eigenvalue weighted by Crippen LogP contribution is 1.92. The molecule has 0 fully saturated rings. The van der Waals surface area contributed by atoms with Crippen molar-refractivity contribution in [2.75, 3.05) is 13.2 Å². The number of nitrogens with zero attached hydrogens (tertiary/aromatic N) is 2. The van der Waals surface area contributed by atoms with Crippen molar-refractivity contribution in [3.8, 4) is 0 Å². The first kappa shape index (κ1) is 14.9. The van der Waals surface area contributed by atoms with Gasteiger partial charge in [0.15, 0.2) is 0 Å². The van der Waals surface area contributed by atoms with E-state index >= 15 is 0 Å². The lowest BCUT2D eigenvalue weighted by atomic mass is 10.3. The summed E-state index contributed by atoms with van der Waals surface area (Å²) in [7, 11) is 0. The number of aromatic nitrogens is 2. The molecule has 0 aliphatic heterocycles. The molecule has 0 aliphatic rings. The predicted molar refractivity (Wildman–Crippen MR) is 67.8 cm³/mol. The van der Waals surface area contributed by atoms with Crippen molar-refractivity contribution in [2.45, 2.75) is 26.8 Å². The molecule has 7 nitrogen and oxygen atoms in total. The normalized spacial score (nSPS) is 10.0. The molecule has 1 rings (SSSR count). The van der Waals surface area contributed by atoms with Crippen LogP contribution < -0.4 is 10.9 Å². The summed E-state index contributed by atoms with van der Waals surface area (Å²) in [6, 6.07) is 2.61. The summed E-state index contributed by atoms with van der Waals surface area (Å²) in [5.74, 6) is -1.03. The summed E-state index contributed by atoms with van der Waals surface area (Å²) < 4.78 is 5.90. The molecule has 0 bridgehead atoms. The highest BCUT2D eigenvalue weighted by molar-refractivity contribution is 5.93. The number of nitrogens with one attached hydrogen (secondary N) is 1. The van der Waals surface area contributed by atoms with E-state index in [4.69, 9.17) is 0 Å². The molecule has 0 saturated heterocycles. The van der Waals surface area contributed by atoms with Crippen LogP contribution in [-0.2, 0) is 16.1 Å². The first-order valence-electron chi connectivity index (χ1n) is 6.10. The minimum Gasteiger partial charge on any atom is -0.465 e. The molecule has 1 aromatic rings. The Bertz CT molecular complexity index is 510. The third kappa shape index (κ3) is 4.53. The van der Waals surface area contributed by atoms with Gasteiger partial charge in [-0.2, -0.15) is 5.10 Å². The van der Waals surface area contributed by atoms with Crippen LogP contribution in [0, 0.1) is 0 Å². The lowest BCUT2D eigenvalue weighted by Crippen LogP contribution is -2.33. The number of rotatable bonds is 6.